The molecule has 3 aromatic rings. The number of H-pyrrole nitrogens is 1. The van der Waals surface area contributed by atoms with Crippen molar-refractivity contribution in [1.82, 2.24) is 25.4 Å². The molecule has 0 fully saturated rings. The maximum absolute atomic E-state index is 5.80. The van der Waals surface area contributed by atoms with Gasteiger partial charge in [-0.1, -0.05) is 43.3 Å². The van der Waals surface area contributed by atoms with Crippen LogP contribution in [-0.2, 0) is 0 Å². The Morgan fingerprint density at radius 1 is 1.17 bits per heavy atom. The zero-order valence-electron chi connectivity index (χ0n) is 13.6. The lowest BCUT2D eigenvalue weighted by Crippen LogP contribution is -1.91. The molecule has 0 saturated carbocycles. The number of rotatable bonds is 5. The minimum atomic E-state index is -0.0168. The molecule has 0 aliphatic heterocycles. The van der Waals surface area contributed by atoms with E-state index in [1.165, 1.54) is 11.8 Å². The highest BCUT2D eigenvalue weighted by molar-refractivity contribution is 7.99. The molecule has 1 aromatic carbocycles. The average Bonchev–Trinajstić information content (AvgIpc) is 3.16. The molecule has 0 radical (unpaired) electrons. The second kappa shape index (κ2) is 6.54. The van der Waals surface area contributed by atoms with Gasteiger partial charge in [0.05, 0.1) is 5.25 Å². The lowest BCUT2D eigenvalue weighted by atomic mass is 10.1. The molecule has 120 valence electrons. The van der Waals surface area contributed by atoms with Crippen molar-refractivity contribution in [2.75, 3.05) is 0 Å². The number of hydrogen-bond donors (Lipinski definition) is 1. The Hall–Kier alpha value is -2.15. The van der Waals surface area contributed by atoms with Crippen molar-refractivity contribution in [2.24, 2.45) is 0 Å². The number of nitrogens with one attached hydrogen (secondary N) is 1. The third kappa shape index (κ3) is 3.61. The van der Waals surface area contributed by atoms with Gasteiger partial charge in [-0.3, -0.25) is 5.10 Å². The standard InChI is InChI=1S/C16H19N5OS/c1-9(2)13-17-16(21-18-13)23-11(4)14-19-20-15(22-14)12-7-5-6-10(3)8-12/h5-9,11H,1-4H3,(H,17,18,21). The maximum atomic E-state index is 5.80. The predicted octanol–water partition coefficient (Wildman–Crippen LogP) is 4.14. The van der Waals surface area contributed by atoms with Gasteiger partial charge in [-0.05, 0) is 26.0 Å². The molecule has 2 aromatic heterocycles. The van der Waals surface area contributed by atoms with E-state index in [0.717, 1.165) is 17.0 Å². The van der Waals surface area contributed by atoms with Crippen LogP contribution in [0.4, 0.5) is 0 Å². The van der Waals surface area contributed by atoms with Crippen LogP contribution in [0.5, 0.6) is 0 Å². The van der Waals surface area contributed by atoms with Crippen molar-refractivity contribution in [3.63, 3.8) is 0 Å². The second-order valence-electron chi connectivity index (χ2n) is 5.73. The number of nitrogens with zero attached hydrogens (tertiary/aromatic N) is 4. The number of hydrogen-bond acceptors (Lipinski definition) is 6. The van der Waals surface area contributed by atoms with Crippen LogP contribution in [0.2, 0.25) is 0 Å². The zero-order chi connectivity index (χ0) is 16.4. The topological polar surface area (TPSA) is 80.5 Å². The van der Waals surface area contributed by atoms with Crippen molar-refractivity contribution in [3.8, 4) is 11.5 Å². The molecule has 0 saturated heterocycles. The fourth-order valence-electron chi connectivity index (χ4n) is 2.07. The lowest BCUT2D eigenvalue weighted by Gasteiger charge is -2.02. The fraction of sp³-hybridized carbons (Fsp3) is 0.375. The highest BCUT2D eigenvalue weighted by Crippen LogP contribution is 2.33. The summed E-state index contributed by atoms with van der Waals surface area (Å²) in [5, 5.41) is 16.1. The quantitative estimate of drug-likeness (QED) is 0.709. The van der Waals surface area contributed by atoms with Gasteiger partial charge < -0.3 is 4.42 Å². The molecule has 0 bridgehead atoms. The van der Waals surface area contributed by atoms with Crippen LogP contribution in [0.15, 0.2) is 33.8 Å². The van der Waals surface area contributed by atoms with E-state index in [4.69, 9.17) is 4.42 Å². The summed E-state index contributed by atoms with van der Waals surface area (Å²) in [7, 11) is 0. The molecule has 0 aliphatic carbocycles. The van der Waals surface area contributed by atoms with Gasteiger partial charge in [0.2, 0.25) is 16.9 Å². The molecule has 7 heteroatoms. The van der Waals surface area contributed by atoms with Crippen LogP contribution in [0.3, 0.4) is 0 Å². The van der Waals surface area contributed by atoms with Gasteiger partial charge in [-0.25, -0.2) is 4.98 Å². The van der Waals surface area contributed by atoms with E-state index >= 15 is 0 Å². The van der Waals surface area contributed by atoms with Crippen molar-refractivity contribution < 1.29 is 4.42 Å². The summed E-state index contributed by atoms with van der Waals surface area (Å²) < 4.78 is 5.80. The summed E-state index contributed by atoms with van der Waals surface area (Å²) in [4.78, 5) is 4.46. The Kier molecular flexibility index (Phi) is 4.47. The van der Waals surface area contributed by atoms with Crippen LogP contribution in [0.1, 0.15) is 49.2 Å². The molecule has 0 aliphatic rings. The van der Waals surface area contributed by atoms with E-state index in [0.29, 0.717) is 22.9 Å². The van der Waals surface area contributed by atoms with Crippen molar-refractivity contribution in [3.05, 3.63) is 41.5 Å². The Morgan fingerprint density at radius 3 is 2.70 bits per heavy atom. The highest BCUT2D eigenvalue weighted by Gasteiger charge is 2.19. The largest absolute Gasteiger partial charge is 0.419 e. The van der Waals surface area contributed by atoms with E-state index in [1.54, 1.807) is 0 Å². The normalized spacial score (nSPS) is 12.7. The predicted molar refractivity (Wildman–Crippen MR) is 89.2 cm³/mol. The van der Waals surface area contributed by atoms with Crippen LogP contribution >= 0.6 is 11.8 Å². The summed E-state index contributed by atoms with van der Waals surface area (Å²) in [6.07, 6.45) is 0. The van der Waals surface area contributed by atoms with Gasteiger partial charge in [0.15, 0.2) is 0 Å². The van der Waals surface area contributed by atoms with Crippen LogP contribution in [0, 0.1) is 6.92 Å². The first-order valence-corrected chi connectivity index (χ1v) is 8.40. The van der Waals surface area contributed by atoms with Gasteiger partial charge >= 0.3 is 0 Å². The number of aromatic amines is 1. The molecule has 2 heterocycles. The molecule has 23 heavy (non-hydrogen) atoms. The number of aromatic nitrogens is 5. The van der Waals surface area contributed by atoms with E-state index in [1.807, 2.05) is 38.1 Å². The lowest BCUT2D eigenvalue weighted by molar-refractivity contribution is 0.509. The first kappa shape index (κ1) is 15.7. The van der Waals surface area contributed by atoms with Crippen molar-refractivity contribution >= 4 is 11.8 Å². The van der Waals surface area contributed by atoms with Gasteiger partial charge in [0, 0.05) is 11.5 Å². The second-order valence-corrected chi connectivity index (χ2v) is 7.04. The van der Waals surface area contributed by atoms with E-state index in [9.17, 15) is 0 Å². The Bertz CT molecular complexity index is 795. The third-order valence-corrected chi connectivity index (χ3v) is 4.31. The SMILES string of the molecule is Cc1cccc(-c2nnc(C(C)Sc3n[nH]c(C(C)C)n3)o2)c1. The minimum Gasteiger partial charge on any atom is -0.419 e. The molecule has 3 rings (SSSR count). The van der Waals surface area contributed by atoms with E-state index in [-0.39, 0.29) is 5.25 Å². The van der Waals surface area contributed by atoms with Gasteiger partial charge in [-0.2, -0.15) is 0 Å². The van der Waals surface area contributed by atoms with Crippen LogP contribution < -0.4 is 0 Å². The van der Waals surface area contributed by atoms with E-state index < -0.39 is 0 Å². The van der Waals surface area contributed by atoms with Gasteiger partial charge in [0.25, 0.3) is 0 Å². The molecule has 6 nitrogen and oxygen atoms in total. The Morgan fingerprint density at radius 2 is 2.00 bits per heavy atom. The summed E-state index contributed by atoms with van der Waals surface area (Å²) >= 11 is 1.50. The molecule has 1 unspecified atom stereocenters. The van der Waals surface area contributed by atoms with Gasteiger partial charge in [-0.15, -0.1) is 15.3 Å². The van der Waals surface area contributed by atoms with E-state index in [2.05, 4.69) is 39.2 Å². The number of thioether (sulfide) groups is 1. The van der Waals surface area contributed by atoms with Crippen molar-refractivity contribution in [1.29, 1.82) is 0 Å². The molecular weight excluding hydrogens is 310 g/mol. The number of aryl methyl sites for hydroxylation is 1. The fourth-order valence-corrected chi connectivity index (χ4v) is 2.83. The Balaban J connectivity index is 1.74. The Labute approximate surface area is 139 Å². The third-order valence-electron chi connectivity index (χ3n) is 3.36. The summed E-state index contributed by atoms with van der Waals surface area (Å²) in [5.74, 6) is 2.31. The smallest absolute Gasteiger partial charge is 0.247 e. The molecule has 1 atom stereocenters. The minimum absolute atomic E-state index is 0.0168. The highest BCUT2D eigenvalue weighted by atomic mass is 32.2. The summed E-state index contributed by atoms with van der Waals surface area (Å²) in [6.45, 7) is 8.19. The average molecular weight is 329 g/mol. The number of benzene rings is 1. The van der Waals surface area contributed by atoms with Gasteiger partial charge in [0.1, 0.15) is 5.82 Å². The monoisotopic (exact) mass is 329 g/mol. The molecular formula is C16H19N5OS. The van der Waals surface area contributed by atoms with Crippen molar-refractivity contribution in [2.45, 2.75) is 44.0 Å². The molecule has 1 N–H and O–H groups in total. The van der Waals surface area contributed by atoms with Crippen LogP contribution in [-0.4, -0.2) is 25.4 Å². The first-order valence-electron chi connectivity index (χ1n) is 7.52. The summed E-state index contributed by atoms with van der Waals surface area (Å²) in [6, 6.07) is 8.01. The zero-order valence-corrected chi connectivity index (χ0v) is 14.4. The van der Waals surface area contributed by atoms with Crippen LogP contribution in [0.25, 0.3) is 11.5 Å². The molecule has 0 spiro atoms. The molecule has 0 amide bonds. The first-order chi connectivity index (χ1) is 11.0. The summed E-state index contributed by atoms with van der Waals surface area (Å²) in [5.41, 5.74) is 2.09. The maximum Gasteiger partial charge on any atom is 0.247 e.